The van der Waals surface area contributed by atoms with E-state index >= 15 is 0 Å². The van der Waals surface area contributed by atoms with E-state index < -0.39 is 5.97 Å². The molecule has 0 aliphatic rings. The van der Waals surface area contributed by atoms with Crippen LogP contribution in [0.5, 0.6) is 0 Å². The van der Waals surface area contributed by atoms with Gasteiger partial charge >= 0.3 is 5.97 Å². The van der Waals surface area contributed by atoms with Gasteiger partial charge in [-0.15, -0.1) is 0 Å². The van der Waals surface area contributed by atoms with E-state index in [1.165, 1.54) is 6.33 Å². The van der Waals surface area contributed by atoms with Gasteiger partial charge in [0.25, 0.3) is 11.7 Å². The van der Waals surface area contributed by atoms with Gasteiger partial charge in [0.15, 0.2) is 6.61 Å². The van der Waals surface area contributed by atoms with Crippen molar-refractivity contribution in [1.29, 1.82) is 0 Å². The summed E-state index contributed by atoms with van der Waals surface area (Å²) in [6, 6.07) is 9.67. The zero-order chi connectivity index (χ0) is 21.7. The lowest BCUT2D eigenvalue weighted by Crippen LogP contribution is -2.33. The third kappa shape index (κ3) is 5.20. The second kappa shape index (κ2) is 9.47. The molecule has 1 atom stereocenters. The number of carbonyl (C=O) groups is 2. The molecule has 1 amide bonds. The Morgan fingerprint density at radius 3 is 2.60 bits per heavy atom. The maximum absolute atomic E-state index is 12.4. The number of hydrogen-bond donors (Lipinski definition) is 1. The number of rotatable bonds is 8. The Kier molecular flexibility index (Phi) is 6.76. The first kappa shape index (κ1) is 21.4. The monoisotopic (exact) mass is 409 g/mol. The van der Waals surface area contributed by atoms with Gasteiger partial charge in [-0.25, -0.2) is 9.50 Å². The second-order valence-corrected chi connectivity index (χ2v) is 7.73. The predicted molar refractivity (Wildman–Crippen MR) is 112 cm³/mol. The first-order valence-corrected chi connectivity index (χ1v) is 10.0. The Labute approximate surface area is 175 Å². The summed E-state index contributed by atoms with van der Waals surface area (Å²) in [5, 5.41) is 7.09. The van der Waals surface area contributed by atoms with Crippen LogP contribution < -0.4 is 5.32 Å². The Bertz CT molecular complexity index is 1030. The number of aryl methyl sites for hydroxylation is 2. The summed E-state index contributed by atoms with van der Waals surface area (Å²) in [6.07, 6.45) is 2.23. The number of fused-ring (bicyclic) bond motifs is 1. The fraction of sp³-hybridized carbons (Fsp3) is 0.409. The zero-order valence-corrected chi connectivity index (χ0v) is 17.8. The average Bonchev–Trinajstić information content (AvgIpc) is 3.18. The van der Waals surface area contributed by atoms with Crippen LogP contribution in [0.25, 0.3) is 5.78 Å². The van der Waals surface area contributed by atoms with Crippen LogP contribution in [0.3, 0.4) is 0 Å². The van der Waals surface area contributed by atoms with Gasteiger partial charge < -0.3 is 10.1 Å². The number of aromatic nitrogens is 4. The Balaban J connectivity index is 1.59. The average molecular weight is 409 g/mol. The first-order valence-electron chi connectivity index (χ1n) is 10.0. The number of amides is 1. The second-order valence-electron chi connectivity index (χ2n) is 7.73. The predicted octanol–water partition coefficient (Wildman–Crippen LogP) is 2.73. The molecule has 0 spiro atoms. The quantitative estimate of drug-likeness (QED) is 0.575. The third-order valence-electron chi connectivity index (χ3n) is 4.92. The van der Waals surface area contributed by atoms with Crippen molar-refractivity contribution in [3.8, 4) is 0 Å². The smallest absolute Gasteiger partial charge is 0.310 e. The molecule has 8 heteroatoms. The van der Waals surface area contributed by atoms with Crippen LogP contribution in [0.1, 0.15) is 48.8 Å². The van der Waals surface area contributed by atoms with E-state index in [0.29, 0.717) is 17.4 Å². The fourth-order valence-corrected chi connectivity index (χ4v) is 3.42. The molecule has 3 rings (SSSR count). The van der Waals surface area contributed by atoms with Crippen LogP contribution in [0.15, 0.2) is 36.7 Å². The standard InChI is InChI=1S/C22H27N5O3/c1-14(2)10-19(17-8-6-5-7-9-17)26-20(28)12-30-21(29)11-18-15(3)25-22-23-13-24-27(22)16(18)4/h5-9,13-14,19H,10-12H2,1-4H3,(H,26,28)/t19-/m1/s1. The van der Waals surface area contributed by atoms with Gasteiger partial charge in [-0.3, -0.25) is 9.59 Å². The maximum atomic E-state index is 12.4. The number of esters is 1. The summed E-state index contributed by atoms with van der Waals surface area (Å²) in [7, 11) is 0. The molecule has 1 N–H and O–H groups in total. The molecule has 1 aromatic carbocycles. The molecular weight excluding hydrogens is 382 g/mol. The molecule has 0 unspecified atom stereocenters. The molecule has 158 valence electrons. The van der Waals surface area contributed by atoms with E-state index in [0.717, 1.165) is 23.2 Å². The lowest BCUT2D eigenvalue weighted by Gasteiger charge is -2.21. The lowest BCUT2D eigenvalue weighted by atomic mass is 9.97. The minimum Gasteiger partial charge on any atom is -0.455 e. The lowest BCUT2D eigenvalue weighted by molar-refractivity contribution is -0.148. The summed E-state index contributed by atoms with van der Waals surface area (Å²) in [5.74, 6) is 0.0793. The molecule has 30 heavy (non-hydrogen) atoms. The number of hydrogen-bond acceptors (Lipinski definition) is 6. The maximum Gasteiger partial charge on any atom is 0.310 e. The first-order chi connectivity index (χ1) is 14.3. The molecular formula is C22H27N5O3. The van der Waals surface area contributed by atoms with E-state index in [-0.39, 0.29) is 25.0 Å². The third-order valence-corrected chi connectivity index (χ3v) is 4.92. The minimum absolute atomic E-state index is 0.0157. The van der Waals surface area contributed by atoms with Crippen LogP contribution in [0, 0.1) is 19.8 Å². The van der Waals surface area contributed by atoms with Crippen molar-refractivity contribution in [3.05, 3.63) is 59.2 Å². The van der Waals surface area contributed by atoms with Crippen molar-refractivity contribution >= 4 is 17.7 Å². The SMILES string of the molecule is Cc1nc2ncnn2c(C)c1CC(=O)OCC(=O)N[C@H](CC(C)C)c1ccccc1. The van der Waals surface area contributed by atoms with Gasteiger partial charge in [-0.1, -0.05) is 44.2 Å². The van der Waals surface area contributed by atoms with E-state index in [9.17, 15) is 9.59 Å². The zero-order valence-electron chi connectivity index (χ0n) is 17.8. The Morgan fingerprint density at radius 1 is 1.17 bits per heavy atom. The van der Waals surface area contributed by atoms with Crippen molar-refractivity contribution in [2.75, 3.05) is 6.61 Å². The molecule has 8 nitrogen and oxygen atoms in total. The highest BCUT2D eigenvalue weighted by molar-refractivity contribution is 5.81. The molecule has 0 aliphatic carbocycles. The topological polar surface area (TPSA) is 98.5 Å². The molecule has 3 aromatic rings. The molecule has 0 saturated carbocycles. The van der Waals surface area contributed by atoms with Crippen LogP contribution in [-0.4, -0.2) is 38.1 Å². The Hall–Kier alpha value is -3.29. The number of nitrogens with zero attached hydrogens (tertiary/aromatic N) is 4. The van der Waals surface area contributed by atoms with E-state index in [1.54, 1.807) is 4.52 Å². The molecule has 0 bridgehead atoms. The van der Waals surface area contributed by atoms with Gasteiger partial charge in [0.05, 0.1) is 12.5 Å². The van der Waals surface area contributed by atoms with Gasteiger partial charge in [0.2, 0.25) is 0 Å². The summed E-state index contributed by atoms with van der Waals surface area (Å²) in [4.78, 5) is 33.2. The molecule has 0 saturated heterocycles. The summed E-state index contributed by atoms with van der Waals surface area (Å²) >= 11 is 0. The van der Waals surface area contributed by atoms with Gasteiger partial charge in [-0.05, 0) is 31.7 Å². The Morgan fingerprint density at radius 2 is 1.90 bits per heavy atom. The van der Waals surface area contributed by atoms with Crippen LogP contribution in [0.2, 0.25) is 0 Å². The number of carbonyl (C=O) groups excluding carboxylic acids is 2. The summed E-state index contributed by atoms with van der Waals surface area (Å²) in [6.45, 7) is 7.55. The van der Waals surface area contributed by atoms with Gasteiger partial charge in [-0.2, -0.15) is 10.1 Å². The molecule has 2 heterocycles. The molecule has 0 aliphatic heterocycles. The van der Waals surface area contributed by atoms with E-state index in [1.807, 2.05) is 44.2 Å². The molecule has 0 radical (unpaired) electrons. The van der Waals surface area contributed by atoms with E-state index in [4.69, 9.17) is 4.74 Å². The highest BCUT2D eigenvalue weighted by atomic mass is 16.5. The van der Waals surface area contributed by atoms with Gasteiger partial charge in [0, 0.05) is 17.0 Å². The normalized spacial score (nSPS) is 12.2. The van der Waals surface area contributed by atoms with Gasteiger partial charge in [0.1, 0.15) is 6.33 Å². The van der Waals surface area contributed by atoms with Crippen molar-refractivity contribution in [2.45, 2.75) is 46.6 Å². The summed E-state index contributed by atoms with van der Waals surface area (Å²) < 4.78 is 6.81. The summed E-state index contributed by atoms with van der Waals surface area (Å²) in [5.41, 5.74) is 3.22. The largest absolute Gasteiger partial charge is 0.455 e. The van der Waals surface area contributed by atoms with Crippen molar-refractivity contribution in [1.82, 2.24) is 24.9 Å². The van der Waals surface area contributed by atoms with Crippen LogP contribution in [-0.2, 0) is 20.7 Å². The van der Waals surface area contributed by atoms with Crippen LogP contribution >= 0.6 is 0 Å². The van der Waals surface area contributed by atoms with Crippen LogP contribution in [0.4, 0.5) is 0 Å². The van der Waals surface area contributed by atoms with E-state index in [2.05, 4.69) is 34.2 Å². The highest BCUT2D eigenvalue weighted by Crippen LogP contribution is 2.21. The number of ether oxygens (including phenoxy) is 1. The highest BCUT2D eigenvalue weighted by Gasteiger charge is 2.19. The van der Waals surface area contributed by atoms with Crippen molar-refractivity contribution in [3.63, 3.8) is 0 Å². The number of benzene rings is 1. The number of nitrogens with one attached hydrogen (secondary N) is 1. The fourth-order valence-electron chi connectivity index (χ4n) is 3.42. The van der Waals surface area contributed by atoms with Crippen molar-refractivity contribution in [2.24, 2.45) is 5.92 Å². The molecule has 2 aromatic heterocycles. The van der Waals surface area contributed by atoms with Crippen molar-refractivity contribution < 1.29 is 14.3 Å². The molecule has 0 fully saturated rings. The minimum atomic E-state index is -0.488.